The third kappa shape index (κ3) is 4.00. The summed E-state index contributed by atoms with van der Waals surface area (Å²) >= 11 is 0. The average molecular weight is 414 g/mol. The molecule has 0 amide bonds. The molecule has 31 heavy (non-hydrogen) atoms. The van der Waals surface area contributed by atoms with E-state index in [1.165, 1.54) is 0 Å². The molecule has 0 aliphatic rings. The van der Waals surface area contributed by atoms with Gasteiger partial charge in [-0.2, -0.15) is 5.10 Å². The fourth-order valence-corrected chi connectivity index (χ4v) is 3.42. The van der Waals surface area contributed by atoms with Gasteiger partial charge in [0.15, 0.2) is 5.82 Å². The number of hydrogen-bond acceptors (Lipinski definition) is 6. The quantitative estimate of drug-likeness (QED) is 0.365. The molecule has 156 valence electrons. The monoisotopic (exact) mass is 414 g/mol. The van der Waals surface area contributed by atoms with E-state index >= 15 is 0 Å². The summed E-state index contributed by atoms with van der Waals surface area (Å²) < 4.78 is 13.4. The van der Waals surface area contributed by atoms with Gasteiger partial charge in [-0.1, -0.05) is 18.2 Å². The van der Waals surface area contributed by atoms with Crippen molar-refractivity contribution in [1.29, 1.82) is 0 Å². The zero-order valence-electron chi connectivity index (χ0n) is 17.1. The van der Waals surface area contributed by atoms with Gasteiger partial charge in [-0.15, -0.1) is 5.10 Å². The first-order valence-electron chi connectivity index (χ1n) is 10.1. The summed E-state index contributed by atoms with van der Waals surface area (Å²) in [6.45, 7) is 1.12. The molecule has 3 heterocycles. The van der Waals surface area contributed by atoms with Gasteiger partial charge in [0.1, 0.15) is 11.3 Å². The van der Waals surface area contributed by atoms with Gasteiger partial charge in [0.25, 0.3) is 0 Å². The van der Waals surface area contributed by atoms with E-state index in [0.717, 1.165) is 39.8 Å². The molecule has 0 bridgehead atoms. The number of rotatable bonds is 8. The Morgan fingerprint density at radius 2 is 1.87 bits per heavy atom. The van der Waals surface area contributed by atoms with Gasteiger partial charge in [-0.05, 0) is 42.5 Å². The highest BCUT2D eigenvalue weighted by molar-refractivity contribution is 5.91. The van der Waals surface area contributed by atoms with Crippen LogP contribution < -0.4 is 14.8 Å². The molecule has 0 aliphatic carbocycles. The Labute approximate surface area is 178 Å². The summed E-state index contributed by atoms with van der Waals surface area (Å²) in [7, 11) is 1.91. The number of aromatic nitrogens is 5. The number of ether oxygens (including phenoxy) is 2. The van der Waals surface area contributed by atoms with Crippen molar-refractivity contribution < 1.29 is 9.47 Å². The molecule has 0 unspecified atom stereocenters. The minimum atomic E-state index is 0.532. The Morgan fingerprint density at radius 1 is 1.00 bits per heavy atom. The van der Waals surface area contributed by atoms with Crippen molar-refractivity contribution in [3.05, 3.63) is 66.9 Å². The van der Waals surface area contributed by atoms with Crippen LogP contribution in [0.25, 0.3) is 21.9 Å². The van der Waals surface area contributed by atoms with E-state index < -0.39 is 0 Å². The SMILES string of the molecule is Cn1nc(OCCCOc2ccccc2)c2ccc(Nc3n[nH]c4cccnc34)cc21. The van der Waals surface area contributed by atoms with Crippen molar-refractivity contribution in [1.82, 2.24) is 25.0 Å². The molecule has 3 aromatic heterocycles. The maximum atomic E-state index is 5.92. The maximum Gasteiger partial charge on any atom is 0.240 e. The second-order valence-corrected chi connectivity index (χ2v) is 7.12. The molecule has 0 saturated heterocycles. The third-order valence-electron chi connectivity index (χ3n) is 4.94. The van der Waals surface area contributed by atoms with E-state index in [0.29, 0.717) is 24.9 Å². The minimum Gasteiger partial charge on any atom is -0.493 e. The lowest BCUT2D eigenvalue weighted by Crippen LogP contribution is -2.05. The molecular weight excluding hydrogens is 392 g/mol. The number of nitrogens with zero attached hydrogens (tertiary/aromatic N) is 4. The van der Waals surface area contributed by atoms with Crippen LogP contribution in [0.2, 0.25) is 0 Å². The van der Waals surface area contributed by atoms with Gasteiger partial charge < -0.3 is 14.8 Å². The van der Waals surface area contributed by atoms with Crippen LogP contribution in [-0.2, 0) is 7.05 Å². The van der Waals surface area contributed by atoms with Crippen LogP contribution in [-0.4, -0.2) is 38.2 Å². The lowest BCUT2D eigenvalue weighted by atomic mass is 10.2. The van der Waals surface area contributed by atoms with Crippen molar-refractivity contribution >= 4 is 33.4 Å². The van der Waals surface area contributed by atoms with Crippen LogP contribution >= 0.6 is 0 Å². The van der Waals surface area contributed by atoms with Crippen LogP contribution in [0.4, 0.5) is 11.5 Å². The summed E-state index contributed by atoms with van der Waals surface area (Å²) in [6, 6.07) is 19.6. The fourth-order valence-electron chi connectivity index (χ4n) is 3.42. The van der Waals surface area contributed by atoms with Crippen LogP contribution in [0.15, 0.2) is 66.9 Å². The van der Waals surface area contributed by atoms with E-state index in [2.05, 4.69) is 25.6 Å². The predicted octanol–water partition coefficient (Wildman–Crippen LogP) is 4.44. The van der Waals surface area contributed by atoms with E-state index in [1.54, 1.807) is 6.20 Å². The van der Waals surface area contributed by atoms with Crippen molar-refractivity contribution in [2.24, 2.45) is 7.05 Å². The summed E-state index contributed by atoms with van der Waals surface area (Å²) in [6.07, 6.45) is 2.52. The lowest BCUT2D eigenvalue weighted by Gasteiger charge is -2.07. The highest BCUT2D eigenvalue weighted by Crippen LogP contribution is 2.29. The van der Waals surface area contributed by atoms with Gasteiger partial charge in [-0.3, -0.25) is 14.8 Å². The molecule has 0 fully saturated rings. The fraction of sp³-hybridized carbons (Fsp3) is 0.174. The molecule has 8 nitrogen and oxygen atoms in total. The number of benzene rings is 2. The molecular formula is C23H22N6O2. The number of aromatic amines is 1. The normalized spacial score (nSPS) is 11.1. The summed E-state index contributed by atoms with van der Waals surface area (Å²) in [5.41, 5.74) is 3.55. The van der Waals surface area contributed by atoms with Crippen LogP contribution in [0.5, 0.6) is 11.6 Å². The zero-order chi connectivity index (χ0) is 21.0. The Balaban J connectivity index is 1.25. The van der Waals surface area contributed by atoms with Crippen molar-refractivity contribution in [2.45, 2.75) is 6.42 Å². The Kier molecular flexibility index (Phi) is 5.10. The zero-order valence-corrected chi connectivity index (χ0v) is 17.1. The highest BCUT2D eigenvalue weighted by atomic mass is 16.5. The smallest absolute Gasteiger partial charge is 0.240 e. The standard InChI is InChI=1S/C23H22N6O2/c1-29-20-15-16(25-22-21-19(26-27-22)9-5-12-24-21)10-11-18(20)23(28-29)31-14-6-13-30-17-7-3-2-4-8-17/h2-5,7-12,15H,6,13-14H2,1H3,(H2,25,26,27). The number of hydrogen-bond donors (Lipinski definition) is 2. The van der Waals surface area contributed by atoms with Gasteiger partial charge in [0, 0.05) is 25.4 Å². The number of aryl methyl sites for hydroxylation is 1. The number of anilines is 2. The van der Waals surface area contributed by atoms with E-state index in [9.17, 15) is 0 Å². The largest absolute Gasteiger partial charge is 0.493 e. The van der Waals surface area contributed by atoms with Crippen molar-refractivity contribution in [2.75, 3.05) is 18.5 Å². The maximum absolute atomic E-state index is 5.92. The van der Waals surface area contributed by atoms with Gasteiger partial charge in [0.2, 0.25) is 5.88 Å². The molecule has 0 radical (unpaired) electrons. The number of nitrogens with one attached hydrogen (secondary N) is 2. The highest BCUT2D eigenvalue weighted by Gasteiger charge is 2.12. The van der Waals surface area contributed by atoms with E-state index in [4.69, 9.17) is 9.47 Å². The third-order valence-corrected chi connectivity index (χ3v) is 4.94. The Bertz CT molecular complexity index is 1310. The minimum absolute atomic E-state index is 0.532. The molecule has 5 rings (SSSR count). The lowest BCUT2D eigenvalue weighted by molar-refractivity contribution is 0.242. The molecule has 0 aliphatic heterocycles. The van der Waals surface area contributed by atoms with Crippen molar-refractivity contribution in [3.63, 3.8) is 0 Å². The van der Waals surface area contributed by atoms with Gasteiger partial charge in [-0.25, -0.2) is 0 Å². The topological polar surface area (TPSA) is 89.9 Å². The van der Waals surface area contributed by atoms with E-state index in [1.807, 2.05) is 72.4 Å². The molecule has 2 aromatic carbocycles. The van der Waals surface area contributed by atoms with E-state index in [-0.39, 0.29) is 0 Å². The molecule has 0 saturated carbocycles. The molecule has 2 N–H and O–H groups in total. The molecule has 5 aromatic rings. The first-order valence-corrected chi connectivity index (χ1v) is 10.1. The summed E-state index contributed by atoms with van der Waals surface area (Å²) in [4.78, 5) is 4.39. The van der Waals surface area contributed by atoms with Gasteiger partial charge in [0.05, 0.1) is 29.6 Å². The Morgan fingerprint density at radius 3 is 2.77 bits per heavy atom. The first-order chi connectivity index (χ1) is 15.3. The molecule has 0 atom stereocenters. The second-order valence-electron chi connectivity index (χ2n) is 7.12. The summed E-state index contributed by atoms with van der Waals surface area (Å²) in [5.74, 6) is 2.17. The van der Waals surface area contributed by atoms with Crippen LogP contribution in [0.3, 0.4) is 0 Å². The Hall–Kier alpha value is -4.07. The number of fused-ring (bicyclic) bond motifs is 2. The second kappa shape index (κ2) is 8.35. The number of pyridine rings is 1. The molecule has 8 heteroatoms. The summed E-state index contributed by atoms with van der Waals surface area (Å²) in [5, 5.41) is 16.1. The first kappa shape index (κ1) is 18.9. The van der Waals surface area contributed by atoms with Crippen LogP contribution in [0.1, 0.15) is 6.42 Å². The van der Waals surface area contributed by atoms with Gasteiger partial charge >= 0.3 is 0 Å². The number of H-pyrrole nitrogens is 1. The predicted molar refractivity (Wildman–Crippen MR) is 120 cm³/mol. The van der Waals surface area contributed by atoms with Crippen LogP contribution in [0, 0.1) is 0 Å². The molecule has 0 spiro atoms. The average Bonchev–Trinajstić information content (AvgIpc) is 3.35. The number of para-hydroxylation sites is 1. The van der Waals surface area contributed by atoms with Crippen molar-refractivity contribution in [3.8, 4) is 11.6 Å².